The van der Waals surface area contributed by atoms with Crippen LogP contribution in [-0.4, -0.2) is 54.1 Å². The quantitative estimate of drug-likeness (QED) is 0.829. The van der Waals surface area contributed by atoms with Crippen molar-refractivity contribution in [3.05, 3.63) is 23.9 Å². The summed E-state index contributed by atoms with van der Waals surface area (Å²) in [6, 6.07) is 4.29. The second-order valence-corrected chi connectivity index (χ2v) is 5.60. The molecule has 0 radical (unpaired) electrons. The van der Waals surface area contributed by atoms with Gasteiger partial charge in [-0.3, -0.25) is 4.90 Å². The summed E-state index contributed by atoms with van der Waals surface area (Å²) < 4.78 is 0. The van der Waals surface area contributed by atoms with Crippen LogP contribution >= 0.6 is 0 Å². The Labute approximate surface area is 123 Å². The van der Waals surface area contributed by atoms with Crippen LogP contribution in [0, 0.1) is 0 Å². The summed E-state index contributed by atoms with van der Waals surface area (Å²) in [5.41, 5.74) is 1.32. The van der Waals surface area contributed by atoms with Gasteiger partial charge in [0.25, 0.3) is 0 Å². The molecule has 2 heterocycles. The zero-order valence-corrected chi connectivity index (χ0v) is 12.9. The highest BCUT2D eigenvalue weighted by Crippen LogP contribution is 2.10. The van der Waals surface area contributed by atoms with Gasteiger partial charge in [-0.1, -0.05) is 19.9 Å². The van der Waals surface area contributed by atoms with Gasteiger partial charge in [0.05, 0.1) is 0 Å². The zero-order chi connectivity index (χ0) is 14.2. The molecule has 1 aromatic rings. The summed E-state index contributed by atoms with van der Waals surface area (Å²) in [5, 5.41) is 3.31. The lowest BCUT2D eigenvalue weighted by molar-refractivity contribution is 0.127. The molecule has 1 fully saturated rings. The van der Waals surface area contributed by atoms with Gasteiger partial charge in [-0.2, -0.15) is 0 Å². The minimum Gasteiger partial charge on any atom is -0.370 e. The van der Waals surface area contributed by atoms with Crippen molar-refractivity contribution in [2.24, 2.45) is 0 Å². The molecule has 0 bridgehead atoms. The van der Waals surface area contributed by atoms with Crippen LogP contribution in [0.15, 0.2) is 18.3 Å². The first-order chi connectivity index (χ1) is 9.81. The number of anilines is 1. The third-order valence-electron chi connectivity index (χ3n) is 3.79. The number of nitrogens with one attached hydrogen (secondary N) is 1. The molecule has 0 amide bonds. The Morgan fingerprint density at radius 2 is 1.80 bits per heavy atom. The number of hydrogen-bond acceptors (Lipinski definition) is 4. The van der Waals surface area contributed by atoms with Crippen molar-refractivity contribution in [2.75, 3.05) is 44.6 Å². The van der Waals surface area contributed by atoms with Crippen molar-refractivity contribution >= 4 is 5.82 Å². The van der Waals surface area contributed by atoms with Crippen molar-refractivity contribution in [1.29, 1.82) is 0 Å². The fourth-order valence-electron chi connectivity index (χ4n) is 2.62. The van der Waals surface area contributed by atoms with Crippen molar-refractivity contribution in [3.63, 3.8) is 0 Å². The Morgan fingerprint density at radius 3 is 2.40 bits per heavy atom. The van der Waals surface area contributed by atoms with E-state index in [-0.39, 0.29) is 0 Å². The van der Waals surface area contributed by atoms with Gasteiger partial charge in [0.1, 0.15) is 5.82 Å². The minimum absolute atomic E-state index is 0.989. The van der Waals surface area contributed by atoms with Crippen LogP contribution in [0.25, 0.3) is 0 Å². The van der Waals surface area contributed by atoms with Crippen LogP contribution in [-0.2, 0) is 6.54 Å². The van der Waals surface area contributed by atoms with Crippen LogP contribution in [0.2, 0.25) is 0 Å². The van der Waals surface area contributed by atoms with Gasteiger partial charge in [-0.25, -0.2) is 4.98 Å². The third-order valence-corrected chi connectivity index (χ3v) is 3.79. The Morgan fingerprint density at radius 1 is 1.05 bits per heavy atom. The van der Waals surface area contributed by atoms with Crippen molar-refractivity contribution in [1.82, 2.24) is 14.8 Å². The van der Waals surface area contributed by atoms with Crippen LogP contribution < -0.4 is 5.32 Å². The molecule has 1 aromatic heterocycles. The van der Waals surface area contributed by atoms with E-state index in [2.05, 4.69) is 46.1 Å². The third kappa shape index (κ3) is 4.76. The maximum atomic E-state index is 4.48. The van der Waals surface area contributed by atoms with E-state index in [4.69, 9.17) is 0 Å². The summed E-state index contributed by atoms with van der Waals surface area (Å²) in [6.07, 6.45) is 4.40. The van der Waals surface area contributed by atoms with Crippen LogP contribution in [0.1, 0.15) is 32.3 Å². The largest absolute Gasteiger partial charge is 0.370 e. The highest BCUT2D eigenvalue weighted by Gasteiger charge is 2.15. The highest BCUT2D eigenvalue weighted by atomic mass is 15.3. The van der Waals surface area contributed by atoms with Gasteiger partial charge in [0.15, 0.2) is 0 Å². The van der Waals surface area contributed by atoms with Crippen LogP contribution in [0.5, 0.6) is 0 Å². The Hall–Kier alpha value is -1.13. The predicted molar refractivity (Wildman–Crippen MR) is 85.0 cm³/mol. The van der Waals surface area contributed by atoms with E-state index in [9.17, 15) is 0 Å². The molecule has 0 aliphatic carbocycles. The molecule has 1 saturated heterocycles. The first kappa shape index (κ1) is 15.3. The van der Waals surface area contributed by atoms with Crippen LogP contribution in [0.4, 0.5) is 5.82 Å². The summed E-state index contributed by atoms with van der Waals surface area (Å²) in [7, 11) is 0. The first-order valence-corrected chi connectivity index (χ1v) is 7.95. The molecule has 0 spiro atoms. The maximum absolute atomic E-state index is 4.48. The Balaban J connectivity index is 1.76. The number of rotatable bonds is 7. The molecular formula is C16H28N4. The van der Waals surface area contributed by atoms with Gasteiger partial charge in [-0.05, 0) is 31.0 Å². The molecule has 0 atom stereocenters. The molecular weight excluding hydrogens is 248 g/mol. The van der Waals surface area contributed by atoms with Crippen LogP contribution in [0.3, 0.4) is 0 Å². The summed E-state index contributed by atoms with van der Waals surface area (Å²) >= 11 is 0. The second kappa shape index (κ2) is 8.22. The minimum atomic E-state index is 0.989. The van der Waals surface area contributed by atoms with Gasteiger partial charge in [0.2, 0.25) is 0 Å². The number of piperazine rings is 1. The van der Waals surface area contributed by atoms with Gasteiger partial charge >= 0.3 is 0 Å². The number of aromatic nitrogens is 1. The smallest absolute Gasteiger partial charge is 0.125 e. The van der Waals surface area contributed by atoms with E-state index < -0.39 is 0 Å². The van der Waals surface area contributed by atoms with E-state index >= 15 is 0 Å². The predicted octanol–water partition coefficient (Wildman–Crippen LogP) is 2.43. The van der Waals surface area contributed by atoms with Gasteiger partial charge < -0.3 is 10.2 Å². The van der Waals surface area contributed by atoms with E-state index in [1.54, 1.807) is 0 Å². The topological polar surface area (TPSA) is 31.4 Å². The van der Waals surface area contributed by atoms with E-state index in [0.717, 1.165) is 25.3 Å². The lowest BCUT2D eigenvalue weighted by Gasteiger charge is -2.34. The lowest BCUT2D eigenvalue weighted by atomic mass is 10.2. The van der Waals surface area contributed by atoms with Gasteiger partial charge in [-0.15, -0.1) is 0 Å². The van der Waals surface area contributed by atoms with Crippen molar-refractivity contribution in [3.8, 4) is 0 Å². The normalized spacial score (nSPS) is 17.3. The zero-order valence-electron chi connectivity index (χ0n) is 12.9. The Bertz CT molecular complexity index is 369. The molecule has 2 rings (SSSR count). The average Bonchev–Trinajstić information content (AvgIpc) is 2.49. The van der Waals surface area contributed by atoms with E-state index in [1.807, 2.05) is 6.20 Å². The molecule has 4 heteroatoms. The molecule has 4 nitrogen and oxygen atoms in total. The summed E-state index contributed by atoms with van der Waals surface area (Å²) in [5.74, 6) is 0.989. The molecule has 0 aromatic carbocycles. The molecule has 1 aliphatic heterocycles. The van der Waals surface area contributed by atoms with Gasteiger partial charge in [0, 0.05) is 45.5 Å². The molecule has 20 heavy (non-hydrogen) atoms. The average molecular weight is 276 g/mol. The standard InChI is InChI=1S/C16H28N4/c1-3-7-17-16-6-5-15(13-18-16)14-20-11-9-19(8-4-2)10-12-20/h5-6,13H,3-4,7-12,14H2,1-2H3,(H,17,18). The Kier molecular flexibility index (Phi) is 6.27. The molecule has 1 N–H and O–H groups in total. The van der Waals surface area contributed by atoms with E-state index in [1.165, 1.54) is 44.7 Å². The molecule has 112 valence electrons. The first-order valence-electron chi connectivity index (χ1n) is 7.95. The number of hydrogen-bond donors (Lipinski definition) is 1. The van der Waals surface area contributed by atoms with Crippen molar-refractivity contribution in [2.45, 2.75) is 33.2 Å². The summed E-state index contributed by atoms with van der Waals surface area (Å²) in [6.45, 7) is 12.5. The van der Waals surface area contributed by atoms with Crippen molar-refractivity contribution < 1.29 is 0 Å². The second-order valence-electron chi connectivity index (χ2n) is 5.60. The molecule has 1 aliphatic rings. The monoisotopic (exact) mass is 276 g/mol. The maximum Gasteiger partial charge on any atom is 0.125 e. The molecule has 0 saturated carbocycles. The number of nitrogens with zero attached hydrogens (tertiary/aromatic N) is 3. The lowest BCUT2D eigenvalue weighted by Crippen LogP contribution is -2.45. The number of pyridine rings is 1. The van der Waals surface area contributed by atoms with E-state index in [0.29, 0.717) is 0 Å². The fourth-order valence-corrected chi connectivity index (χ4v) is 2.62. The summed E-state index contributed by atoms with van der Waals surface area (Å²) in [4.78, 5) is 9.57. The highest BCUT2D eigenvalue weighted by molar-refractivity contribution is 5.35. The molecule has 0 unspecified atom stereocenters. The fraction of sp³-hybridized carbons (Fsp3) is 0.688. The SMILES string of the molecule is CCCNc1ccc(CN2CCN(CCC)CC2)cn1.